The summed E-state index contributed by atoms with van der Waals surface area (Å²) in [6, 6.07) is 6.60. The molecule has 3 heteroatoms. The van der Waals surface area contributed by atoms with Gasteiger partial charge in [-0.1, -0.05) is 25.0 Å². The highest BCUT2D eigenvalue weighted by Gasteiger charge is 2.32. The third-order valence-electron chi connectivity index (χ3n) is 3.76. The molecule has 1 heterocycles. The van der Waals surface area contributed by atoms with Crippen molar-refractivity contribution in [3.63, 3.8) is 0 Å². The summed E-state index contributed by atoms with van der Waals surface area (Å²) in [5.74, 6) is -0.239. The van der Waals surface area contributed by atoms with Gasteiger partial charge < -0.3 is 10.4 Å². The molecule has 0 aliphatic carbocycles. The van der Waals surface area contributed by atoms with Gasteiger partial charge in [0.25, 0.3) is 0 Å². The molecule has 0 radical (unpaired) electrons. The van der Waals surface area contributed by atoms with Crippen molar-refractivity contribution in [2.45, 2.75) is 50.7 Å². The number of hydrogen-bond acceptors (Lipinski definition) is 2. The molecule has 1 aromatic carbocycles. The Labute approximate surface area is 108 Å². The fraction of sp³-hybridized carbons (Fsp3) is 0.600. The molecule has 18 heavy (non-hydrogen) atoms. The quantitative estimate of drug-likeness (QED) is 0.865. The Morgan fingerprint density at radius 2 is 2.22 bits per heavy atom. The minimum atomic E-state index is -0.821. The van der Waals surface area contributed by atoms with Gasteiger partial charge in [-0.2, -0.15) is 0 Å². The SMILES string of the molecule is CC(O)(Cc1cccc(F)c1)C1CCCCCN1. The molecule has 1 aromatic rings. The number of rotatable bonds is 3. The normalized spacial score (nSPS) is 24.3. The zero-order chi connectivity index (χ0) is 13.0. The third kappa shape index (κ3) is 3.53. The molecular formula is C15H22FNO. The van der Waals surface area contributed by atoms with E-state index in [0.717, 1.165) is 24.9 Å². The van der Waals surface area contributed by atoms with Crippen molar-refractivity contribution in [1.82, 2.24) is 5.32 Å². The van der Waals surface area contributed by atoms with Crippen molar-refractivity contribution in [1.29, 1.82) is 0 Å². The van der Waals surface area contributed by atoms with Gasteiger partial charge in [0.2, 0.25) is 0 Å². The standard InChI is InChI=1S/C15H22FNO/c1-15(18,14-8-3-2-4-9-17-14)11-12-6-5-7-13(16)10-12/h5-7,10,14,17-18H,2-4,8-9,11H2,1H3. The largest absolute Gasteiger partial charge is 0.388 e. The molecular weight excluding hydrogens is 229 g/mol. The molecule has 0 saturated carbocycles. The van der Waals surface area contributed by atoms with Gasteiger partial charge in [0.1, 0.15) is 5.82 Å². The molecule has 0 aromatic heterocycles. The van der Waals surface area contributed by atoms with E-state index in [1.807, 2.05) is 13.0 Å². The zero-order valence-electron chi connectivity index (χ0n) is 11.0. The van der Waals surface area contributed by atoms with Crippen LogP contribution in [-0.4, -0.2) is 23.3 Å². The first kappa shape index (κ1) is 13.5. The van der Waals surface area contributed by atoms with Crippen molar-refractivity contribution < 1.29 is 9.50 Å². The van der Waals surface area contributed by atoms with Crippen LogP contribution in [0.5, 0.6) is 0 Å². The maximum atomic E-state index is 13.2. The Hall–Kier alpha value is -0.930. The van der Waals surface area contributed by atoms with E-state index in [1.54, 1.807) is 6.07 Å². The lowest BCUT2D eigenvalue weighted by molar-refractivity contribution is 0.0181. The van der Waals surface area contributed by atoms with Gasteiger partial charge in [0, 0.05) is 12.5 Å². The van der Waals surface area contributed by atoms with E-state index < -0.39 is 5.60 Å². The second-order valence-electron chi connectivity index (χ2n) is 5.52. The highest BCUT2D eigenvalue weighted by molar-refractivity contribution is 5.19. The van der Waals surface area contributed by atoms with Gasteiger partial charge >= 0.3 is 0 Å². The van der Waals surface area contributed by atoms with Gasteiger partial charge in [-0.25, -0.2) is 4.39 Å². The van der Waals surface area contributed by atoms with Gasteiger partial charge in [-0.3, -0.25) is 0 Å². The molecule has 2 atom stereocenters. The lowest BCUT2D eigenvalue weighted by Crippen LogP contribution is -2.49. The lowest BCUT2D eigenvalue weighted by atomic mass is 9.86. The third-order valence-corrected chi connectivity index (χ3v) is 3.76. The van der Waals surface area contributed by atoms with Crippen LogP contribution in [0.4, 0.5) is 4.39 Å². The van der Waals surface area contributed by atoms with E-state index in [2.05, 4.69) is 5.32 Å². The summed E-state index contributed by atoms with van der Waals surface area (Å²) in [6.07, 6.45) is 5.02. The molecule has 2 unspecified atom stereocenters. The van der Waals surface area contributed by atoms with Gasteiger partial charge in [0.15, 0.2) is 0 Å². The second kappa shape index (κ2) is 5.81. The molecule has 2 rings (SSSR count). The van der Waals surface area contributed by atoms with E-state index in [0.29, 0.717) is 6.42 Å². The highest BCUT2D eigenvalue weighted by atomic mass is 19.1. The number of hydrogen-bond donors (Lipinski definition) is 2. The summed E-state index contributed by atoms with van der Waals surface area (Å²) >= 11 is 0. The Bertz CT molecular complexity index is 384. The Morgan fingerprint density at radius 1 is 1.39 bits per heavy atom. The summed E-state index contributed by atoms with van der Waals surface area (Å²) in [7, 11) is 0. The molecule has 2 N–H and O–H groups in total. The van der Waals surface area contributed by atoms with Crippen LogP contribution < -0.4 is 5.32 Å². The number of halogens is 1. The van der Waals surface area contributed by atoms with Crippen LogP contribution in [0.1, 0.15) is 38.2 Å². The van der Waals surface area contributed by atoms with Gasteiger partial charge in [0.05, 0.1) is 5.60 Å². The number of aliphatic hydroxyl groups is 1. The van der Waals surface area contributed by atoms with Gasteiger partial charge in [-0.05, 0) is 44.0 Å². The van der Waals surface area contributed by atoms with E-state index >= 15 is 0 Å². The maximum Gasteiger partial charge on any atom is 0.123 e. The summed E-state index contributed by atoms with van der Waals surface area (Å²) in [5.41, 5.74) is 0.0315. The Kier molecular flexibility index (Phi) is 4.36. The number of benzene rings is 1. The molecule has 100 valence electrons. The molecule has 1 saturated heterocycles. The topological polar surface area (TPSA) is 32.3 Å². The molecule has 1 aliphatic heterocycles. The molecule has 0 spiro atoms. The molecule has 1 fully saturated rings. The number of nitrogens with one attached hydrogen (secondary N) is 1. The molecule has 1 aliphatic rings. The van der Waals surface area contributed by atoms with Crippen LogP contribution in [0.25, 0.3) is 0 Å². The van der Waals surface area contributed by atoms with Crippen molar-refractivity contribution in [3.8, 4) is 0 Å². The first-order valence-corrected chi connectivity index (χ1v) is 6.78. The minimum Gasteiger partial charge on any atom is -0.388 e. The van der Waals surface area contributed by atoms with Crippen molar-refractivity contribution in [2.75, 3.05) is 6.54 Å². The summed E-state index contributed by atoms with van der Waals surface area (Å²) in [5, 5.41) is 14.0. The van der Waals surface area contributed by atoms with Crippen molar-refractivity contribution >= 4 is 0 Å². The summed E-state index contributed by atoms with van der Waals surface area (Å²) in [6.45, 7) is 2.81. The van der Waals surface area contributed by atoms with Crippen LogP contribution in [0.15, 0.2) is 24.3 Å². The fourth-order valence-corrected chi connectivity index (χ4v) is 2.74. The van der Waals surface area contributed by atoms with Crippen molar-refractivity contribution in [2.24, 2.45) is 0 Å². The first-order valence-electron chi connectivity index (χ1n) is 6.78. The fourth-order valence-electron chi connectivity index (χ4n) is 2.74. The average Bonchev–Trinajstić information content (AvgIpc) is 2.57. The van der Waals surface area contributed by atoms with E-state index in [-0.39, 0.29) is 11.9 Å². The zero-order valence-corrected chi connectivity index (χ0v) is 11.0. The van der Waals surface area contributed by atoms with Crippen LogP contribution >= 0.6 is 0 Å². The van der Waals surface area contributed by atoms with Gasteiger partial charge in [-0.15, -0.1) is 0 Å². The van der Waals surface area contributed by atoms with Crippen molar-refractivity contribution in [3.05, 3.63) is 35.6 Å². The molecule has 0 bridgehead atoms. The maximum absolute atomic E-state index is 13.2. The smallest absolute Gasteiger partial charge is 0.123 e. The predicted molar refractivity (Wildman–Crippen MR) is 71.0 cm³/mol. The Morgan fingerprint density at radius 3 is 3.00 bits per heavy atom. The minimum absolute atomic E-state index is 0.100. The molecule has 2 nitrogen and oxygen atoms in total. The van der Waals surface area contributed by atoms with E-state index in [1.165, 1.54) is 25.0 Å². The van der Waals surface area contributed by atoms with Crippen LogP contribution in [0.3, 0.4) is 0 Å². The monoisotopic (exact) mass is 251 g/mol. The second-order valence-corrected chi connectivity index (χ2v) is 5.52. The van der Waals surface area contributed by atoms with Crippen LogP contribution in [0, 0.1) is 5.82 Å². The predicted octanol–water partition coefficient (Wildman–Crippen LogP) is 2.65. The van der Waals surface area contributed by atoms with Crippen LogP contribution in [-0.2, 0) is 6.42 Å². The highest BCUT2D eigenvalue weighted by Crippen LogP contribution is 2.23. The van der Waals surface area contributed by atoms with E-state index in [9.17, 15) is 9.50 Å². The van der Waals surface area contributed by atoms with Crippen LogP contribution in [0.2, 0.25) is 0 Å². The van der Waals surface area contributed by atoms with E-state index in [4.69, 9.17) is 0 Å². The Balaban J connectivity index is 2.05. The lowest BCUT2D eigenvalue weighted by Gasteiger charge is -2.33. The first-order chi connectivity index (χ1) is 8.58. The summed E-state index contributed by atoms with van der Waals surface area (Å²) < 4.78 is 13.2. The average molecular weight is 251 g/mol. The summed E-state index contributed by atoms with van der Waals surface area (Å²) in [4.78, 5) is 0. The molecule has 0 amide bonds.